The molecule has 0 aliphatic rings. The number of urea groups is 1. The van der Waals surface area contributed by atoms with Crippen molar-refractivity contribution < 1.29 is 14.3 Å². The summed E-state index contributed by atoms with van der Waals surface area (Å²) < 4.78 is 10.5. The number of hydrogen-bond acceptors (Lipinski definition) is 6. The van der Waals surface area contributed by atoms with Gasteiger partial charge < -0.3 is 14.8 Å². The fraction of sp³-hybridized carbons (Fsp3) is 0.357. The quantitative estimate of drug-likeness (QED) is 0.884. The van der Waals surface area contributed by atoms with E-state index >= 15 is 0 Å². The number of benzene rings is 1. The molecule has 8 heteroatoms. The van der Waals surface area contributed by atoms with Gasteiger partial charge in [-0.2, -0.15) is 0 Å². The third-order valence-corrected chi connectivity index (χ3v) is 3.75. The summed E-state index contributed by atoms with van der Waals surface area (Å²) in [6.45, 7) is 3.69. The molecule has 0 radical (unpaired) electrons. The topological polar surface area (TPSA) is 85.4 Å². The van der Waals surface area contributed by atoms with Crippen LogP contribution >= 0.6 is 11.3 Å². The van der Waals surface area contributed by atoms with Gasteiger partial charge in [-0.1, -0.05) is 11.3 Å². The van der Waals surface area contributed by atoms with Crippen LogP contribution in [0.2, 0.25) is 0 Å². The van der Waals surface area contributed by atoms with Gasteiger partial charge in [0, 0.05) is 5.56 Å². The van der Waals surface area contributed by atoms with E-state index in [9.17, 15) is 4.79 Å². The van der Waals surface area contributed by atoms with Crippen molar-refractivity contribution in [3.8, 4) is 11.5 Å². The highest BCUT2D eigenvalue weighted by Crippen LogP contribution is 2.29. The number of nitrogens with one attached hydrogen (secondary N) is 2. The second kappa shape index (κ2) is 7.08. The van der Waals surface area contributed by atoms with Crippen LogP contribution in [0.4, 0.5) is 9.93 Å². The molecule has 2 N–H and O–H groups in total. The van der Waals surface area contributed by atoms with Gasteiger partial charge in [-0.05, 0) is 32.0 Å². The Kier molecular flexibility index (Phi) is 5.16. The van der Waals surface area contributed by atoms with Crippen LogP contribution in [0, 0.1) is 6.92 Å². The molecule has 1 aromatic heterocycles. The van der Waals surface area contributed by atoms with Crippen LogP contribution in [-0.2, 0) is 0 Å². The minimum absolute atomic E-state index is 0.265. The summed E-state index contributed by atoms with van der Waals surface area (Å²) in [5, 5.41) is 14.4. The molecule has 0 aliphatic carbocycles. The number of rotatable bonds is 5. The summed E-state index contributed by atoms with van der Waals surface area (Å²) in [6, 6.07) is 4.82. The van der Waals surface area contributed by atoms with Gasteiger partial charge in [0.05, 0.1) is 20.3 Å². The number of anilines is 1. The molecular formula is C14H18N4O3S. The average molecular weight is 322 g/mol. The van der Waals surface area contributed by atoms with E-state index < -0.39 is 0 Å². The molecule has 1 heterocycles. The molecule has 0 spiro atoms. The maximum atomic E-state index is 12.0. The Bertz CT molecular complexity index is 659. The maximum Gasteiger partial charge on any atom is 0.321 e. The second-order valence-corrected chi connectivity index (χ2v) is 5.74. The highest BCUT2D eigenvalue weighted by Gasteiger charge is 2.16. The number of amides is 2. The SMILES string of the molecule is COc1ccc(OC)c(C(C)NC(=O)Nc2nnc(C)s2)c1. The fourth-order valence-corrected chi connectivity index (χ4v) is 2.52. The molecule has 0 bridgehead atoms. The molecule has 0 saturated heterocycles. The zero-order chi connectivity index (χ0) is 16.1. The zero-order valence-electron chi connectivity index (χ0n) is 12.8. The lowest BCUT2D eigenvalue weighted by atomic mass is 10.1. The van der Waals surface area contributed by atoms with E-state index in [0.29, 0.717) is 16.6 Å². The highest BCUT2D eigenvalue weighted by molar-refractivity contribution is 7.15. The molecule has 1 atom stereocenters. The first-order valence-corrected chi connectivity index (χ1v) is 7.44. The first kappa shape index (κ1) is 16.0. The number of nitrogens with zero attached hydrogens (tertiary/aromatic N) is 2. The summed E-state index contributed by atoms with van der Waals surface area (Å²) in [4.78, 5) is 12.0. The molecule has 0 aliphatic heterocycles. The number of methoxy groups -OCH3 is 2. The lowest BCUT2D eigenvalue weighted by Crippen LogP contribution is -2.31. The lowest BCUT2D eigenvalue weighted by molar-refractivity contribution is 0.249. The van der Waals surface area contributed by atoms with Crippen molar-refractivity contribution in [2.24, 2.45) is 0 Å². The summed E-state index contributed by atoms with van der Waals surface area (Å²) >= 11 is 1.31. The molecular weight excluding hydrogens is 304 g/mol. The minimum atomic E-state index is -0.353. The van der Waals surface area contributed by atoms with Gasteiger partial charge in [0.1, 0.15) is 16.5 Å². The van der Waals surface area contributed by atoms with E-state index in [1.807, 2.05) is 19.9 Å². The molecule has 2 rings (SSSR count). The number of carbonyl (C=O) groups excluding carboxylic acids is 1. The van der Waals surface area contributed by atoms with Crippen LogP contribution in [0.15, 0.2) is 18.2 Å². The Hall–Kier alpha value is -2.35. The van der Waals surface area contributed by atoms with Crippen molar-refractivity contribution in [3.63, 3.8) is 0 Å². The summed E-state index contributed by atoms with van der Waals surface area (Å²) in [7, 11) is 3.18. The minimum Gasteiger partial charge on any atom is -0.497 e. The van der Waals surface area contributed by atoms with Crippen molar-refractivity contribution >= 4 is 22.5 Å². The third kappa shape index (κ3) is 3.85. The lowest BCUT2D eigenvalue weighted by Gasteiger charge is -2.18. The Labute approximate surface area is 132 Å². The summed E-state index contributed by atoms with van der Waals surface area (Å²) in [6.07, 6.45) is 0. The molecule has 0 fully saturated rings. The van der Waals surface area contributed by atoms with Gasteiger partial charge in [0.25, 0.3) is 0 Å². The molecule has 0 saturated carbocycles. The van der Waals surface area contributed by atoms with E-state index in [-0.39, 0.29) is 12.1 Å². The number of aryl methyl sites for hydroxylation is 1. The second-order valence-electron chi connectivity index (χ2n) is 4.55. The predicted octanol–water partition coefficient (Wildman–Crippen LogP) is 2.75. The number of hydrogen-bond donors (Lipinski definition) is 2. The van der Waals surface area contributed by atoms with Crippen LogP contribution < -0.4 is 20.1 Å². The Balaban J connectivity index is 2.07. The largest absolute Gasteiger partial charge is 0.497 e. The Morgan fingerprint density at radius 2 is 2.05 bits per heavy atom. The fourth-order valence-electron chi connectivity index (χ4n) is 1.93. The molecule has 22 heavy (non-hydrogen) atoms. The van der Waals surface area contributed by atoms with E-state index in [2.05, 4.69) is 20.8 Å². The highest BCUT2D eigenvalue weighted by atomic mass is 32.1. The standard InChI is InChI=1S/C14H18N4O3S/c1-8(11-7-10(20-3)5-6-12(11)21-4)15-13(19)16-14-18-17-9(2)22-14/h5-8H,1-4H3,(H2,15,16,18,19). The van der Waals surface area contributed by atoms with Crippen molar-refractivity contribution in [1.29, 1.82) is 0 Å². The summed E-state index contributed by atoms with van der Waals surface area (Å²) in [5.74, 6) is 1.38. The van der Waals surface area contributed by atoms with Crippen LogP contribution in [0.3, 0.4) is 0 Å². The van der Waals surface area contributed by atoms with Crippen molar-refractivity contribution in [3.05, 3.63) is 28.8 Å². The Morgan fingerprint density at radius 3 is 2.64 bits per heavy atom. The van der Waals surface area contributed by atoms with Crippen molar-refractivity contribution in [1.82, 2.24) is 15.5 Å². The van der Waals surface area contributed by atoms with Gasteiger partial charge in [0.15, 0.2) is 0 Å². The van der Waals surface area contributed by atoms with Gasteiger partial charge in [-0.25, -0.2) is 4.79 Å². The van der Waals surface area contributed by atoms with Crippen LogP contribution in [0.1, 0.15) is 23.5 Å². The van der Waals surface area contributed by atoms with Gasteiger partial charge >= 0.3 is 6.03 Å². The van der Waals surface area contributed by atoms with Gasteiger partial charge in [-0.3, -0.25) is 5.32 Å². The summed E-state index contributed by atoms with van der Waals surface area (Å²) in [5.41, 5.74) is 0.824. The molecule has 7 nitrogen and oxygen atoms in total. The monoisotopic (exact) mass is 322 g/mol. The number of aromatic nitrogens is 2. The smallest absolute Gasteiger partial charge is 0.321 e. The van der Waals surface area contributed by atoms with Crippen LogP contribution in [-0.4, -0.2) is 30.4 Å². The van der Waals surface area contributed by atoms with Crippen LogP contribution in [0.5, 0.6) is 11.5 Å². The Morgan fingerprint density at radius 1 is 1.27 bits per heavy atom. The van der Waals surface area contributed by atoms with Gasteiger partial charge in [0.2, 0.25) is 5.13 Å². The molecule has 2 amide bonds. The molecule has 1 aromatic carbocycles. The number of ether oxygens (including phenoxy) is 2. The first-order valence-electron chi connectivity index (χ1n) is 6.63. The van der Waals surface area contributed by atoms with E-state index in [0.717, 1.165) is 10.6 Å². The van der Waals surface area contributed by atoms with Crippen molar-refractivity contribution in [2.75, 3.05) is 19.5 Å². The zero-order valence-corrected chi connectivity index (χ0v) is 13.7. The first-order chi connectivity index (χ1) is 10.5. The van der Waals surface area contributed by atoms with E-state index in [4.69, 9.17) is 9.47 Å². The molecule has 118 valence electrons. The van der Waals surface area contributed by atoms with Crippen LogP contribution in [0.25, 0.3) is 0 Å². The third-order valence-electron chi connectivity index (χ3n) is 3.00. The number of carbonyl (C=O) groups is 1. The predicted molar refractivity (Wildman–Crippen MR) is 84.8 cm³/mol. The molecule has 2 aromatic rings. The molecule has 1 unspecified atom stereocenters. The average Bonchev–Trinajstić information content (AvgIpc) is 2.91. The van der Waals surface area contributed by atoms with Crippen molar-refractivity contribution in [2.45, 2.75) is 19.9 Å². The normalized spacial score (nSPS) is 11.6. The van der Waals surface area contributed by atoms with E-state index in [1.54, 1.807) is 26.4 Å². The maximum absolute atomic E-state index is 12.0. The van der Waals surface area contributed by atoms with Gasteiger partial charge in [-0.15, -0.1) is 10.2 Å². The van der Waals surface area contributed by atoms with E-state index in [1.165, 1.54) is 11.3 Å².